The van der Waals surface area contributed by atoms with E-state index in [0.717, 1.165) is 51.4 Å². The molecule has 0 saturated carbocycles. The molecule has 0 heterocycles. The molecule has 0 radical (unpaired) electrons. The smallest absolute Gasteiger partial charge is 0.305 e. The fourth-order valence-corrected chi connectivity index (χ4v) is 11.6. The van der Waals surface area contributed by atoms with Gasteiger partial charge in [-0.2, -0.15) is 0 Å². The van der Waals surface area contributed by atoms with E-state index in [4.69, 9.17) is 4.74 Å². The molecule has 0 aliphatic carbocycles. The maximum absolute atomic E-state index is 12.6. The average Bonchev–Trinajstić information content (AvgIpc) is 3.47. The van der Waals surface area contributed by atoms with E-state index in [1.165, 1.54) is 321 Å². The first kappa shape index (κ1) is 79.1. The van der Waals surface area contributed by atoms with Gasteiger partial charge < -0.3 is 20.3 Å². The lowest BCUT2D eigenvalue weighted by atomic mass is 10.0. The predicted molar refractivity (Wildman–Crippen MR) is 356 cm³/mol. The Kier molecular flexibility index (Phi) is 68.9. The van der Waals surface area contributed by atoms with Gasteiger partial charge in [-0.05, 0) is 83.5 Å². The molecule has 0 spiro atoms. The second-order valence-corrected chi connectivity index (χ2v) is 25.3. The summed E-state index contributed by atoms with van der Waals surface area (Å²) in [5.74, 6) is -0.0345. The van der Waals surface area contributed by atoms with Crippen molar-refractivity contribution in [2.75, 3.05) is 13.2 Å². The summed E-state index contributed by atoms with van der Waals surface area (Å²) in [5.41, 5.74) is 0. The third-order valence-corrected chi connectivity index (χ3v) is 17.2. The molecular formula is C75H143NO5. The Hall–Kier alpha value is -1.92. The maximum Gasteiger partial charge on any atom is 0.305 e. The summed E-state index contributed by atoms with van der Waals surface area (Å²) in [4.78, 5) is 24.7. The van der Waals surface area contributed by atoms with Crippen LogP contribution in [0.4, 0.5) is 0 Å². The minimum Gasteiger partial charge on any atom is -0.466 e. The molecule has 0 aliphatic heterocycles. The third-order valence-electron chi connectivity index (χ3n) is 17.2. The van der Waals surface area contributed by atoms with Crippen LogP contribution < -0.4 is 5.32 Å². The van der Waals surface area contributed by atoms with Crippen molar-refractivity contribution in [2.24, 2.45) is 0 Å². The Labute approximate surface area is 506 Å². The van der Waals surface area contributed by atoms with Crippen molar-refractivity contribution in [3.63, 3.8) is 0 Å². The highest BCUT2D eigenvalue weighted by atomic mass is 16.5. The number of nitrogens with one attached hydrogen (secondary N) is 1. The molecule has 0 fully saturated rings. The van der Waals surface area contributed by atoms with E-state index in [2.05, 4.69) is 55.6 Å². The van der Waals surface area contributed by atoms with Crippen molar-refractivity contribution in [3.8, 4) is 0 Å². The van der Waals surface area contributed by atoms with Crippen LogP contribution >= 0.6 is 0 Å². The number of carbonyl (C=O) groups excluding carboxylic acids is 2. The molecule has 2 unspecified atom stereocenters. The molecule has 6 heteroatoms. The first-order valence-electron chi connectivity index (χ1n) is 36.7. The third kappa shape index (κ3) is 67.1. The standard InChI is InChI=1S/C75H143NO5/c1-3-5-7-9-11-13-15-17-19-21-22-23-24-25-26-29-32-36-39-43-47-51-55-59-63-67-73(78)72(71-77)76-74(79)68-64-60-56-52-48-44-40-37-33-30-27-28-31-34-38-42-46-50-54-58-62-66-70-81-75(80)69-65-61-57-53-49-45-41-35-20-18-16-14-12-10-8-6-4-2/h12,14,18,20,30,33,72-73,77-78H,3-11,13,15-17,19,21-29,31-32,34-71H2,1-2H3,(H,76,79)/b14-12-,20-18-,33-30-. The minimum absolute atomic E-state index is 0.00306. The van der Waals surface area contributed by atoms with Crippen molar-refractivity contribution < 1.29 is 24.5 Å². The fourth-order valence-electron chi connectivity index (χ4n) is 11.6. The highest BCUT2D eigenvalue weighted by Gasteiger charge is 2.20. The Morgan fingerprint density at radius 2 is 0.617 bits per heavy atom. The van der Waals surface area contributed by atoms with E-state index in [-0.39, 0.29) is 18.5 Å². The minimum atomic E-state index is -0.671. The SMILES string of the molecule is CCCCC/C=C\C/C=C\CCCCCCCCCC(=O)OCCCCCCCCCCCCC/C=C\CCCCCCCCCC(=O)NC(CO)C(O)CCCCCCCCCCCCCCCCCCCCCCCCCCC. The molecule has 0 aromatic heterocycles. The summed E-state index contributed by atoms with van der Waals surface area (Å²) in [6.07, 6.45) is 90.5. The van der Waals surface area contributed by atoms with E-state index in [1.807, 2.05) is 0 Å². The number of esters is 1. The van der Waals surface area contributed by atoms with E-state index in [1.54, 1.807) is 0 Å². The lowest BCUT2D eigenvalue weighted by Crippen LogP contribution is -2.45. The summed E-state index contributed by atoms with van der Waals surface area (Å²) in [7, 11) is 0. The molecule has 0 aromatic carbocycles. The summed E-state index contributed by atoms with van der Waals surface area (Å²) in [6, 6.07) is -0.549. The number of unbranched alkanes of at least 4 members (excludes halogenated alkanes) is 52. The van der Waals surface area contributed by atoms with Crippen LogP contribution in [0.3, 0.4) is 0 Å². The molecule has 0 aromatic rings. The second-order valence-electron chi connectivity index (χ2n) is 25.3. The number of aliphatic hydroxyl groups excluding tert-OH is 2. The number of carbonyl (C=O) groups is 2. The number of allylic oxidation sites excluding steroid dienone is 6. The van der Waals surface area contributed by atoms with Gasteiger partial charge in [-0.15, -0.1) is 0 Å². The second kappa shape index (κ2) is 70.6. The summed E-state index contributed by atoms with van der Waals surface area (Å²) in [5, 5.41) is 23.5. The number of hydrogen-bond acceptors (Lipinski definition) is 5. The molecule has 0 aliphatic rings. The predicted octanol–water partition coefficient (Wildman–Crippen LogP) is 23.9. The highest BCUT2D eigenvalue weighted by molar-refractivity contribution is 5.76. The van der Waals surface area contributed by atoms with Crippen LogP contribution in [0.15, 0.2) is 36.5 Å². The van der Waals surface area contributed by atoms with Gasteiger partial charge in [-0.25, -0.2) is 0 Å². The van der Waals surface area contributed by atoms with Gasteiger partial charge in [0.05, 0.1) is 25.4 Å². The molecular weight excluding hydrogens is 995 g/mol. The lowest BCUT2D eigenvalue weighted by Gasteiger charge is -2.22. The van der Waals surface area contributed by atoms with Gasteiger partial charge in [-0.1, -0.05) is 346 Å². The van der Waals surface area contributed by atoms with Crippen molar-refractivity contribution in [1.29, 1.82) is 0 Å². The molecule has 2 atom stereocenters. The Morgan fingerprint density at radius 1 is 0.346 bits per heavy atom. The van der Waals surface area contributed by atoms with Gasteiger partial charge in [-0.3, -0.25) is 9.59 Å². The summed E-state index contributed by atoms with van der Waals surface area (Å²) in [6.45, 7) is 4.96. The molecule has 1 amide bonds. The summed E-state index contributed by atoms with van der Waals surface area (Å²) >= 11 is 0. The van der Waals surface area contributed by atoms with Gasteiger partial charge in [0.15, 0.2) is 0 Å². The van der Waals surface area contributed by atoms with Crippen LogP contribution in [-0.4, -0.2) is 47.4 Å². The van der Waals surface area contributed by atoms with Crippen LogP contribution in [0.5, 0.6) is 0 Å². The monoisotopic (exact) mass is 1140 g/mol. The normalized spacial score (nSPS) is 12.7. The average molecular weight is 1140 g/mol. The number of hydrogen-bond donors (Lipinski definition) is 3. The van der Waals surface area contributed by atoms with Gasteiger partial charge in [0.2, 0.25) is 5.91 Å². The van der Waals surface area contributed by atoms with Crippen LogP contribution in [0.25, 0.3) is 0 Å². The largest absolute Gasteiger partial charge is 0.466 e. The molecule has 81 heavy (non-hydrogen) atoms. The van der Waals surface area contributed by atoms with Gasteiger partial charge in [0.1, 0.15) is 0 Å². The van der Waals surface area contributed by atoms with Crippen molar-refractivity contribution in [2.45, 2.75) is 418 Å². The molecule has 6 nitrogen and oxygen atoms in total. The van der Waals surface area contributed by atoms with Crippen LogP contribution in [0.2, 0.25) is 0 Å². The van der Waals surface area contributed by atoms with Crippen LogP contribution in [0.1, 0.15) is 406 Å². The lowest BCUT2D eigenvalue weighted by molar-refractivity contribution is -0.143. The van der Waals surface area contributed by atoms with Gasteiger partial charge in [0, 0.05) is 12.8 Å². The molecule has 0 saturated heterocycles. The van der Waals surface area contributed by atoms with E-state index >= 15 is 0 Å². The first-order chi connectivity index (χ1) is 40.0. The number of amides is 1. The van der Waals surface area contributed by atoms with Gasteiger partial charge in [0.25, 0.3) is 0 Å². The topological polar surface area (TPSA) is 95.9 Å². The van der Waals surface area contributed by atoms with Crippen LogP contribution in [0, 0.1) is 0 Å². The summed E-state index contributed by atoms with van der Waals surface area (Å²) < 4.78 is 5.50. The number of ether oxygens (including phenoxy) is 1. The van der Waals surface area contributed by atoms with Crippen molar-refractivity contribution >= 4 is 11.9 Å². The van der Waals surface area contributed by atoms with E-state index in [9.17, 15) is 19.8 Å². The zero-order valence-corrected chi connectivity index (χ0v) is 54.8. The molecule has 3 N–H and O–H groups in total. The molecule has 478 valence electrons. The number of rotatable bonds is 69. The van der Waals surface area contributed by atoms with Crippen molar-refractivity contribution in [1.82, 2.24) is 5.32 Å². The Morgan fingerprint density at radius 3 is 0.975 bits per heavy atom. The van der Waals surface area contributed by atoms with E-state index < -0.39 is 12.1 Å². The number of aliphatic hydroxyl groups is 2. The van der Waals surface area contributed by atoms with Crippen molar-refractivity contribution in [3.05, 3.63) is 36.5 Å². The quantitative estimate of drug-likeness (QED) is 0.0320. The zero-order chi connectivity index (χ0) is 58.5. The molecule has 0 rings (SSSR count). The Bertz CT molecular complexity index is 1310. The van der Waals surface area contributed by atoms with Gasteiger partial charge >= 0.3 is 5.97 Å². The van der Waals surface area contributed by atoms with E-state index in [0.29, 0.717) is 25.9 Å². The van der Waals surface area contributed by atoms with Crippen LogP contribution in [-0.2, 0) is 14.3 Å². The highest BCUT2D eigenvalue weighted by Crippen LogP contribution is 2.19. The molecule has 0 bridgehead atoms. The Balaban J connectivity index is 3.41. The zero-order valence-electron chi connectivity index (χ0n) is 54.8. The first-order valence-corrected chi connectivity index (χ1v) is 36.7. The maximum atomic E-state index is 12.6. The fraction of sp³-hybridized carbons (Fsp3) is 0.893.